The first-order chi connectivity index (χ1) is 11.8. The summed E-state index contributed by atoms with van der Waals surface area (Å²) in [5.74, 6) is 1.26. The minimum Gasteiger partial charge on any atom is -0.489 e. The van der Waals surface area contributed by atoms with Crippen molar-refractivity contribution in [3.8, 4) is 17.1 Å². The zero-order valence-corrected chi connectivity index (χ0v) is 12.9. The number of imidazole rings is 1. The molecule has 1 heterocycles. The highest BCUT2D eigenvalue weighted by Crippen LogP contribution is 2.23. The number of ether oxygens (including phenoxy) is 1. The molecule has 0 spiro atoms. The smallest absolute Gasteiger partial charge is 0.138 e. The van der Waals surface area contributed by atoms with Gasteiger partial charge in [-0.2, -0.15) is 0 Å². The molecule has 0 aliphatic carbocycles. The standard InChI is InChI=1S/C20H15FN2O/c21-17-6-2-1-5-15(17)13-24-16-11-9-14(10-12-16)20-22-18-7-3-4-8-19(18)23-20/h1-12H,13H2,(H,22,23). The summed E-state index contributed by atoms with van der Waals surface area (Å²) in [7, 11) is 0. The summed E-state index contributed by atoms with van der Waals surface area (Å²) in [5.41, 5.74) is 3.46. The third-order valence-corrected chi connectivity index (χ3v) is 3.87. The number of H-pyrrole nitrogens is 1. The molecule has 0 aliphatic rings. The fraction of sp³-hybridized carbons (Fsp3) is 0.0500. The molecular weight excluding hydrogens is 303 g/mol. The summed E-state index contributed by atoms with van der Waals surface area (Å²) < 4.78 is 19.2. The topological polar surface area (TPSA) is 37.9 Å². The minimum absolute atomic E-state index is 0.205. The second-order valence-corrected chi connectivity index (χ2v) is 5.51. The maximum atomic E-state index is 13.6. The number of aromatic nitrogens is 2. The zero-order chi connectivity index (χ0) is 16.4. The fourth-order valence-electron chi connectivity index (χ4n) is 2.58. The molecule has 4 aromatic rings. The van der Waals surface area contributed by atoms with Crippen molar-refractivity contribution in [2.24, 2.45) is 0 Å². The number of hydrogen-bond donors (Lipinski definition) is 1. The van der Waals surface area contributed by atoms with Gasteiger partial charge in [0.1, 0.15) is 24.0 Å². The van der Waals surface area contributed by atoms with Gasteiger partial charge >= 0.3 is 0 Å². The number of para-hydroxylation sites is 2. The molecule has 1 N–H and O–H groups in total. The van der Waals surface area contributed by atoms with Gasteiger partial charge in [-0.15, -0.1) is 0 Å². The van der Waals surface area contributed by atoms with E-state index in [-0.39, 0.29) is 12.4 Å². The van der Waals surface area contributed by atoms with Crippen LogP contribution < -0.4 is 4.74 Å². The van der Waals surface area contributed by atoms with Crippen LogP contribution in [0.1, 0.15) is 5.56 Å². The number of aromatic amines is 1. The van der Waals surface area contributed by atoms with Gasteiger partial charge in [0.2, 0.25) is 0 Å². The Labute approximate surface area is 138 Å². The third kappa shape index (κ3) is 2.86. The quantitative estimate of drug-likeness (QED) is 0.578. The number of fused-ring (bicyclic) bond motifs is 1. The predicted octanol–water partition coefficient (Wildman–Crippen LogP) is 4.95. The van der Waals surface area contributed by atoms with Crippen molar-refractivity contribution in [1.29, 1.82) is 0 Å². The molecule has 0 saturated heterocycles. The van der Waals surface area contributed by atoms with E-state index in [9.17, 15) is 4.39 Å². The lowest BCUT2D eigenvalue weighted by Gasteiger charge is -2.07. The molecular formula is C20H15FN2O. The van der Waals surface area contributed by atoms with Crippen molar-refractivity contribution in [3.05, 3.63) is 84.2 Å². The lowest BCUT2D eigenvalue weighted by Crippen LogP contribution is -1.98. The second kappa shape index (κ2) is 6.16. The summed E-state index contributed by atoms with van der Waals surface area (Å²) in [6, 6.07) is 22.1. The monoisotopic (exact) mass is 318 g/mol. The molecule has 3 aromatic carbocycles. The molecule has 0 aliphatic heterocycles. The van der Waals surface area contributed by atoms with Crippen molar-refractivity contribution in [2.75, 3.05) is 0 Å². The Balaban J connectivity index is 1.51. The maximum Gasteiger partial charge on any atom is 0.138 e. The summed E-state index contributed by atoms with van der Waals surface area (Å²) >= 11 is 0. The van der Waals surface area contributed by atoms with E-state index in [1.165, 1.54) is 6.07 Å². The van der Waals surface area contributed by atoms with E-state index >= 15 is 0 Å². The molecule has 0 radical (unpaired) electrons. The summed E-state index contributed by atoms with van der Waals surface area (Å²) in [6.45, 7) is 0.205. The Kier molecular flexibility index (Phi) is 3.71. The molecule has 0 bridgehead atoms. The molecule has 0 atom stereocenters. The Bertz CT molecular complexity index is 943. The average molecular weight is 318 g/mol. The first-order valence-electron chi connectivity index (χ1n) is 7.71. The summed E-state index contributed by atoms with van der Waals surface area (Å²) in [5, 5.41) is 0. The molecule has 118 valence electrons. The average Bonchev–Trinajstić information content (AvgIpc) is 3.06. The largest absolute Gasteiger partial charge is 0.489 e. The molecule has 4 rings (SSSR count). The van der Waals surface area contributed by atoms with E-state index in [0.717, 1.165) is 22.4 Å². The van der Waals surface area contributed by atoms with Crippen LogP contribution in [0.25, 0.3) is 22.4 Å². The van der Waals surface area contributed by atoms with Gasteiger partial charge in [0.25, 0.3) is 0 Å². The van der Waals surface area contributed by atoms with E-state index in [1.54, 1.807) is 18.2 Å². The van der Waals surface area contributed by atoms with Crippen LogP contribution in [-0.2, 0) is 6.61 Å². The molecule has 0 amide bonds. The van der Waals surface area contributed by atoms with E-state index < -0.39 is 0 Å². The third-order valence-electron chi connectivity index (χ3n) is 3.87. The fourth-order valence-corrected chi connectivity index (χ4v) is 2.58. The van der Waals surface area contributed by atoms with Gasteiger partial charge in [-0.1, -0.05) is 30.3 Å². The highest BCUT2D eigenvalue weighted by molar-refractivity contribution is 5.79. The molecule has 1 aromatic heterocycles. The molecule has 3 nitrogen and oxygen atoms in total. The number of rotatable bonds is 4. The predicted molar refractivity (Wildman–Crippen MR) is 92.3 cm³/mol. The second-order valence-electron chi connectivity index (χ2n) is 5.51. The van der Waals surface area contributed by atoms with E-state index in [4.69, 9.17) is 4.74 Å². The Morgan fingerprint density at radius 2 is 1.62 bits per heavy atom. The normalized spacial score (nSPS) is 10.9. The zero-order valence-electron chi connectivity index (χ0n) is 12.9. The van der Waals surface area contributed by atoms with E-state index in [2.05, 4.69) is 9.97 Å². The van der Waals surface area contributed by atoms with E-state index in [1.807, 2.05) is 48.5 Å². The van der Waals surface area contributed by atoms with Crippen molar-refractivity contribution in [1.82, 2.24) is 9.97 Å². The van der Waals surface area contributed by atoms with Crippen LogP contribution in [0, 0.1) is 5.82 Å². The number of halogens is 1. The van der Waals surface area contributed by atoms with Crippen LogP contribution in [0.2, 0.25) is 0 Å². The van der Waals surface area contributed by atoms with Gasteiger partial charge < -0.3 is 9.72 Å². The van der Waals surface area contributed by atoms with E-state index in [0.29, 0.717) is 11.3 Å². The van der Waals surface area contributed by atoms with Crippen LogP contribution in [-0.4, -0.2) is 9.97 Å². The highest BCUT2D eigenvalue weighted by atomic mass is 19.1. The number of nitrogens with zero attached hydrogens (tertiary/aromatic N) is 1. The summed E-state index contributed by atoms with van der Waals surface area (Å²) in [4.78, 5) is 7.87. The Morgan fingerprint density at radius 3 is 2.42 bits per heavy atom. The van der Waals surface area contributed by atoms with Gasteiger partial charge in [0.15, 0.2) is 0 Å². The molecule has 24 heavy (non-hydrogen) atoms. The number of hydrogen-bond acceptors (Lipinski definition) is 2. The van der Waals surface area contributed by atoms with Crippen molar-refractivity contribution < 1.29 is 9.13 Å². The molecule has 0 unspecified atom stereocenters. The maximum absolute atomic E-state index is 13.6. The van der Waals surface area contributed by atoms with Crippen LogP contribution in [0.15, 0.2) is 72.8 Å². The van der Waals surface area contributed by atoms with Gasteiger partial charge in [0.05, 0.1) is 11.0 Å². The highest BCUT2D eigenvalue weighted by Gasteiger charge is 2.06. The van der Waals surface area contributed by atoms with Crippen LogP contribution in [0.4, 0.5) is 4.39 Å². The first-order valence-corrected chi connectivity index (χ1v) is 7.71. The molecule has 0 fully saturated rings. The van der Waals surface area contributed by atoms with Crippen LogP contribution >= 0.6 is 0 Å². The van der Waals surface area contributed by atoms with Gasteiger partial charge in [-0.25, -0.2) is 9.37 Å². The lowest BCUT2D eigenvalue weighted by molar-refractivity contribution is 0.300. The first kappa shape index (κ1) is 14.5. The SMILES string of the molecule is Fc1ccccc1COc1ccc(-c2nc3ccccc3[nH]2)cc1. The minimum atomic E-state index is -0.253. The van der Waals surface area contributed by atoms with Gasteiger partial charge in [0, 0.05) is 11.1 Å². The van der Waals surface area contributed by atoms with Gasteiger partial charge in [-0.3, -0.25) is 0 Å². The number of benzene rings is 3. The molecule has 4 heteroatoms. The van der Waals surface area contributed by atoms with Crippen molar-refractivity contribution >= 4 is 11.0 Å². The Hall–Kier alpha value is -3.14. The van der Waals surface area contributed by atoms with Gasteiger partial charge in [-0.05, 0) is 42.5 Å². The Morgan fingerprint density at radius 1 is 0.875 bits per heavy atom. The lowest BCUT2D eigenvalue weighted by atomic mass is 10.2. The van der Waals surface area contributed by atoms with Crippen molar-refractivity contribution in [3.63, 3.8) is 0 Å². The summed E-state index contributed by atoms with van der Waals surface area (Å²) in [6.07, 6.45) is 0. The number of nitrogens with one attached hydrogen (secondary N) is 1. The molecule has 0 saturated carbocycles. The van der Waals surface area contributed by atoms with Crippen molar-refractivity contribution in [2.45, 2.75) is 6.61 Å². The van der Waals surface area contributed by atoms with Crippen LogP contribution in [0.5, 0.6) is 5.75 Å². The van der Waals surface area contributed by atoms with Crippen LogP contribution in [0.3, 0.4) is 0 Å².